The fourth-order valence-corrected chi connectivity index (χ4v) is 5.98. The van der Waals surface area contributed by atoms with E-state index in [-0.39, 0.29) is 12.0 Å². The summed E-state index contributed by atoms with van der Waals surface area (Å²) < 4.78 is 7.39. The van der Waals surface area contributed by atoms with Gasteiger partial charge in [-0.05, 0) is 48.1 Å². The molecule has 3 heterocycles. The van der Waals surface area contributed by atoms with Crippen LogP contribution in [-0.2, 0) is 4.74 Å². The molecule has 2 aliphatic rings. The number of piperazine rings is 1. The number of fused-ring (bicyclic) bond motifs is 1. The average Bonchev–Trinajstić information content (AvgIpc) is 3.57. The number of amides is 1. The van der Waals surface area contributed by atoms with Gasteiger partial charge in [0.15, 0.2) is 0 Å². The lowest BCUT2D eigenvalue weighted by atomic mass is 10.1. The number of carbonyl (C=O) groups excluding carboxylic acids is 1. The van der Waals surface area contributed by atoms with Crippen molar-refractivity contribution in [1.82, 2.24) is 9.80 Å². The molecule has 5 nitrogen and oxygen atoms in total. The van der Waals surface area contributed by atoms with Crippen LogP contribution >= 0.6 is 11.3 Å². The van der Waals surface area contributed by atoms with Crippen LogP contribution in [0, 0.1) is 0 Å². The Labute approximate surface area is 206 Å². The van der Waals surface area contributed by atoms with Crippen molar-refractivity contribution in [2.75, 3.05) is 57.3 Å². The summed E-state index contributed by atoms with van der Waals surface area (Å²) in [6.45, 7) is 10.7. The maximum absolute atomic E-state index is 13.1. The number of ether oxygens (including phenoxy) is 1. The van der Waals surface area contributed by atoms with E-state index in [9.17, 15) is 4.79 Å². The van der Waals surface area contributed by atoms with Crippen molar-refractivity contribution in [1.29, 1.82) is 0 Å². The van der Waals surface area contributed by atoms with Gasteiger partial charge in [0, 0.05) is 56.2 Å². The first kappa shape index (κ1) is 23.1. The second kappa shape index (κ2) is 10.7. The number of hydrogen-bond acceptors (Lipinski definition) is 5. The first-order chi connectivity index (χ1) is 16.7. The topological polar surface area (TPSA) is 36.0 Å². The second-order valence-corrected chi connectivity index (χ2v) is 10.2. The van der Waals surface area contributed by atoms with Gasteiger partial charge in [-0.15, -0.1) is 17.9 Å². The monoisotopic (exact) mass is 475 g/mol. The van der Waals surface area contributed by atoms with E-state index < -0.39 is 0 Å². The number of nitrogens with zero attached hydrogens (tertiary/aromatic N) is 3. The number of thiophene rings is 1. The summed E-state index contributed by atoms with van der Waals surface area (Å²) in [6, 6.07) is 19.0. The Morgan fingerprint density at radius 1 is 1.00 bits per heavy atom. The lowest BCUT2D eigenvalue weighted by Crippen LogP contribution is -2.49. The molecule has 0 spiro atoms. The van der Waals surface area contributed by atoms with Gasteiger partial charge in [-0.3, -0.25) is 9.69 Å². The van der Waals surface area contributed by atoms with Gasteiger partial charge in [-0.2, -0.15) is 0 Å². The maximum Gasteiger partial charge on any atom is 0.264 e. The van der Waals surface area contributed by atoms with Crippen molar-refractivity contribution in [2.45, 2.75) is 18.9 Å². The normalized spacial score (nSPS) is 17.9. The fraction of sp³-hybridized carbons (Fsp3) is 0.393. The van der Waals surface area contributed by atoms with Crippen LogP contribution in [-0.4, -0.2) is 68.1 Å². The van der Waals surface area contributed by atoms with Gasteiger partial charge in [-0.25, -0.2) is 0 Å². The zero-order valence-corrected chi connectivity index (χ0v) is 20.5. The maximum atomic E-state index is 13.1. The van der Waals surface area contributed by atoms with Crippen LogP contribution in [0.25, 0.3) is 10.1 Å². The molecule has 0 bridgehead atoms. The molecule has 0 saturated carbocycles. The molecule has 2 aromatic carbocycles. The van der Waals surface area contributed by atoms with Gasteiger partial charge in [0.1, 0.15) is 0 Å². The van der Waals surface area contributed by atoms with Crippen LogP contribution in [0.4, 0.5) is 5.69 Å². The minimum Gasteiger partial charge on any atom is -0.372 e. The van der Waals surface area contributed by atoms with E-state index in [1.807, 2.05) is 29.2 Å². The molecule has 0 radical (unpaired) electrons. The zero-order chi connectivity index (χ0) is 23.3. The summed E-state index contributed by atoms with van der Waals surface area (Å²) >= 11 is 1.59. The third-order valence-electron chi connectivity index (χ3n) is 6.85. The Balaban J connectivity index is 1.22. The fourth-order valence-electron chi connectivity index (χ4n) is 4.95. The van der Waals surface area contributed by atoms with Gasteiger partial charge < -0.3 is 14.5 Å². The molecule has 0 N–H and O–H groups in total. The van der Waals surface area contributed by atoms with E-state index in [0.717, 1.165) is 56.1 Å². The predicted octanol–water partition coefficient (Wildman–Crippen LogP) is 5.20. The minimum absolute atomic E-state index is 0.00889. The Morgan fingerprint density at radius 2 is 1.79 bits per heavy atom. The van der Waals surface area contributed by atoms with E-state index in [2.05, 4.69) is 52.8 Å². The van der Waals surface area contributed by atoms with Gasteiger partial charge in [0.25, 0.3) is 5.91 Å². The van der Waals surface area contributed by atoms with Crippen LogP contribution in [0.1, 0.15) is 34.2 Å². The molecule has 1 aromatic heterocycles. The molecule has 0 aliphatic carbocycles. The zero-order valence-electron chi connectivity index (χ0n) is 19.7. The largest absolute Gasteiger partial charge is 0.372 e. The molecule has 3 aromatic rings. The lowest BCUT2D eigenvalue weighted by molar-refractivity contribution is 0.0247. The Kier molecular flexibility index (Phi) is 7.28. The third-order valence-corrected chi connectivity index (χ3v) is 7.95. The standard InChI is InChI=1S/C28H33N3O2S/c1-2-18-33-25(22-9-7-10-24(19-22)30-12-5-6-13-30)21-29-14-16-31(17-15-29)28(32)27-20-23-8-3-4-11-26(23)34-27/h2-4,7-11,19-20,25H,1,5-6,12-18,21H2. The van der Waals surface area contributed by atoms with E-state index in [4.69, 9.17) is 4.74 Å². The molecule has 1 unspecified atom stereocenters. The van der Waals surface area contributed by atoms with Gasteiger partial charge in [0.05, 0.1) is 17.6 Å². The van der Waals surface area contributed by atoms with E-state index in [0.29, 0.717) is 6.61 Å². The Morgan fingerprint density at radius 3 is 2.56 bits per heavy atom. The van der Waals surface area contributed by atoms with Crippen molar-refractivity contribution in [3.05, 3.63) is 77.7 Å². The average molecular weight is 476 g/mol. The third kappa shape index (κ3) is 5.19. The molecule has 2 fully saturated rings. The lowest BCUT2D eigenvalue weighted by Gasteiger charge is -2.36. The van der Waals surface area contributed by atoms with E-state index >= 15 is 0 Å². The van der Waals surface area contributed by atoms with Crippen LogP contribution in [0.3, 0.4) is 0 Å². The van der Waals surface area contributed by atoms with Gasteiger partial charge >= 0.3 is 0 Å². The smallest absolute Gasteiger partial charge is 0.264 e. The summed E-state index contributed by atoms with van der Waals surface area (Å²) in [5, 5.41) is 1.15. The highest BCUT2D eigenvalue weighted by atomic mass is 32.1. The van der Waals surface area contributed by atoms with Crippen LogP contribution in [0.5, 0.6) is 0 Å². The van der Waals surface area contributed by atoms with Crippen molar-refractivity contribution in [3.63, 3.8) is 0 Å². The first-order valence-electron chi connectivity index (χ1n) is 12.3. The molecule has 6 heteroatoms. The second-order valence-electron chi connectivity index (χ2n) is 9.14. The SMILES string of the molecule is C=CCOC(CN1CCN(C(=O)c2cc3ccccc3s2)CC1)c1cccc(N2CCCC2)c1. The number of carbonyl (C=O) groups is 1. The summed E-state index contributed by atoms with van der Waals surface area (Å²) in [5.74, 6) is 0.152. The number of rotatable bonds is 8. The molecule has 1 atom stereocenters. The summed E-state index contributed by atoms with van der Waals surface area (Å²) in [7, 11) is 0. The van der Waals surface area contributed by atoms with Crippen molar-refractivity contribution < 1.29 is 9.53 Å². The highest BCUT2D eigenvalue weighted by Gasteiger charge is 2.26. The first-order valence-corrected chi connectivity index (χ1v) is 13.1. The molecular weight excluding hydrogens is 442 g/mol. The molecule has 34 heavy (non-hydrogen) atoms. The minimum atomic E-state index is -0.00889. The van der Waals surface area contributed by atoms with Crippen molar-refractivity contribution in [2.24, 2.45) is 0 Å². The molecule has 5 rings (SSSR count). The van der Waals surface area contributed by atoms with Crippen LogP contribution in [0.2, 0.25) is 0 Å². The quantitative estimate of drug-likeness (QED) is 0.420. The van der Waals surface area contributed by atoms with Crippen molar-refractivity contribution in [3.8, 4) is 0 Å². The van der Waals surface area contributed by atoms with Crippen LogP contribution in [0.15, 0.2) is 67.3 Å². The molecule has 1 amide bonds. The molecule has 2 saturated heterocycles. The number of benzene rings is 2. The Hall–Kier alpha value is -2.67. The molecule has 178 valence electrons. The highest BCUT2D eigenvalue weighted by molar-refractivity contribution is 7.20. The predicted molar refractivity (Wildman–Crippen MR) is 141 cm³/mol. The van der Waals surface area contributed by atoms with Crippen molar-refractivity contribution >= 4 is 33.0 Å². The molecular formula is C28H33N3O2S. The van der Waals surface area contributed by atoms with Gasteiger partial charge in [0.2, 0.25) is 0 Å². The summed E-state index contributed by atoms with van der Waals surface area (Å²) in [4.78, 5) is 20.8. The van der Waals surface area contributed by atoms with E-state index in [1.54, 1.807) is 11.3 Å². The van der Waals surface area contributed by atoms with Gasteiger partial charge in [-0.1, -0.05) is 36.4 Å². The van der Waals surface area contributed by atoms with Crippen LogP contribution < -0.4 is 4.90 Å². The Bertz CT molecular complexity index is 1100. The number of hydrogen-bond donors (Lipinski definition) is 0. The highest BCUT2D eigenvalue weighted by Crippen LogP contribution is 2.28. The molecule has 2 aliphatic heterocycles. The summed E-state index contributed by atoms with van der Waals surface area (Å²) in [5.41, 5.74) is 2.51. The number of anilines is 1. The summed E-state index contributed by atoms with van der Waals surface area (Å²) in [6.07, 6.45) is 4.35. The van der Waals surface area contributed by atoms with E-state index in [1.165, 1.54) is 28.8 Å².